The van der Waals surface area contributed by atoms with Crippen LogP contribution in [0.5, 0.6) is 0 Å². The highest BCUT2D eigenvalue weighted by molar-refractivity contribution is 8.15. The smallest absolute Gasteiger partial charge is 0.270 e. The fourth-order valence-corrected chi connectivity index (χ4v) is 13.9. The van der Waals surface area contributed by atoms with Gasteiger partial charge < -0.3 is 11.0 Å². The number of aromatic nitrogens is 8. The highest BCUT2D eigenvalue weighted by Crippen LogP contribution is 2.34. The number of benzene rings is 6. The SMILES string of the molecule is CC(=O)CSC1=NN=C(c2cc(-c3cn[nH]c3)cc([N+](=O)[O-])c2)C1.CC(=O)CSC1=NN=C(c2cc(N=O)cc(-c3c[nH][n+](-c4cccc(Cl)c4)c3)c2)C1.CC(=O)CSC1=NN=C(c2cc(N=O)cc(-c3c[nH][n+](Cc4ccccc4)c3)c2)C1.CCn1cc(-c2cc(C3=NN=C(SCC(C)=O)C3)cc([N+](=O)[O-])c2)cn1.[OH-].[OH-]. The van der Waals surface area contributed by atoms with Crippen molar-refractivity contribution in [2.24, 2.45) is 51.2 Å². The predicted molar refractivity (Wildman–Crippen MR) is 437 cm³/mol. The van der Waals surface area contributed by atoms with Crippen LogP contribution in [0.25, 0.3) is 50.2 Å². The molecule has 0 unspecified atom stereocenters. The Hall–Kier alpha value is -12.2. The van der Waals surface area contributed by atoms with Crippen LogP contribution >= 0.6 is 58.6 Å². The minimum Gasteiger partial charge on any atom is -0.870 e. The molecule has 0 bridgehead atoms. The highest BCUT2D eigenvalue weighted by Gasteiger charge is 2.25. The Bertz CT molecular complexity index is 5480. The predicted octanol–water partition coefficient (Wildman–Crippen LogP) is 14.8. The van der Waals surface area contributed by atoms with E-state index < -0.39 is 9.85 Å². The molecule has 4 aliphatic heterocycles. The molecule has 0 saturated heterocycles. The molecule has 0 amide bonds. The molecule has 0 saturated carbocycles. The van der Waals surface area contributed by atoms with Crippen LogP contribution in [-0.2, 0) is 32.3 Å². The Balaban J connectivity index is 0.000000171. The third-order valence-corrected chi connectivity index (χ3v) is 20.9. The van der Waals surface area contributed by atoms with Gasteiger partial charge in [-0.3, -0.25) is 49.2 Å². The summed E-state index contributed by atoms with van der Waals surface area (Å²) in [6, 6.07) is 38.2. The fourth-order valence-electron chi connectivity index (χ4n) is 10.9. The zero-order valence-electron chi connectivity index (χ0n) is 60.4. The van der Waals surface area contributed by atoms with Crippen molar-refractivity contribution in [1.82, 2.24) is 30.2 Å². The maximum absolute atomic E-state index is 11.3. The van der Waals surface area contributed by atoms with Gasteiger partial charge in [-0.15, -0.1) is 81.9 Å². The first-order valence-corrected chi connectivity index (χ1v) is 38.0. The van der Waals surface area contributed by atoms with E-state index in [1.54, 1.807) is 61.4 Å². The van der Waals surface area contributed by atoms with E-state index in [0.29, 0.717) is 98.8 Å². The summed E-state index contributed by atoms with van der Waals surface area (Å²) < 4.78 is 5.59. The quantitative estimate of drug-likeness (QED) is 0.0219. The molecular formula is C75H69ClN20O12S4. The Labute approximate surface area is 660 Å². The lowest BCUT2D eigenvalue weighted by atomic mass is 10.0. The Kier molecular flexibility index (Phi) is 29.9. The van der Waals surface area contributed by atoms with E-state index in [9.17, 15) is 49.2 Å². The molecule has 0 radical (unpaired) electrons. The number of ketones is 4. The number of H-pyrrole nitrogens is 3. The summed E-state index contributed by atoms with van der Waals surface area (Å²) in [5.74, 6) is 1.76. The molecule has 0 fully saturated rings. The van der Waals surface area contributed by atoms with Gasteiger partial charge in [-0.2, -0.15) is 40.8 Å². The number of nitroso groups, excluding NO2 is 2. The van der Waals surface area contributed by atoms with Gasteiger partial charge >= 0.3 is 0 Å². The third kappa shape index (κ3) is 23.4. The summed E-state index contributed by atoms with van der Waals surface area (Å²) in [5.41, 5.74) is 14.9. The average Bonchev–Trinajstić information content (AvgIpc) is 1.61. The van der Waals surface area contributed by atoms with Gasteiger partial charge in [0.1, 0.15) is 54.7 Å². The van der Waals surface area contributed by atoms with Gasteiger partial charge in [0.25, 0.3) is 11.4 Å². The molecule has 5 N–H and O–H groups in total. The van der Waals surface area contributed by atoms with Gasteiger partial charge in [0.05, 0.1) is 91.6 Å². The molecule has 572 valence electrons. The summed E-state index contributed by atoms with van der Waals surface area (Å²) in [4.78, 5) is 88.8. The second-order valence-corrected chi connectivity index (χ2v) is 29.5. The van der Waals surface area contributed by atoms with Crippen LogP contribution in [0.4, 0.5) is 22.7 Å². The number of carbonyl (C=O) groups is 4. The Morgan fingerprint density at radius 2 is 0.911 bits per heavy atom. The number of non-ortho nitro benzene ring substituents is 2. The Morgan fingerprint density at radius 1 is 0.491 bits per heavy atom. The topological polar surface area (TPSA) is 458 Å². The third-order valence-electron chi connectivity index (χ3n) is 16.2. The van der Waals surface area contributed by atoms with Crippen LogP contribution < -0.4 is 9.36 Å². The summed E-state index contributed by atoms with van der Waals surface area (Å²) >= 11 is 11.6. The maximum Gasteiger partial charge on any atom is 0.270 e. The van der Waals surface area contributed by atoms with Crippen LogP contribution in [0.15, 0.2) is 228 Å². The van der Waals surface area contributed by atoms with Gasteiger partial charge in [0, 0.05) is 125 Å². The molecule has 112 heavy (non-hydrogen) atoms. The van der Waals surface area contributed by atoms with Crippen LogP contribution in [0.1, 0.15) is 88.1 Å². The van der Waals surface area contributed by atoms with Crippen LogP contribution in [0, 0.1) is 30.0 Å². The van der Waals surface area contributed by atoms with Crippen molar-refractivity contribution in [2.45, 2.75) is 73.4 Å². The molecule has 8 heterocycles. The number of nitro benzene ring substituents is 2. The normalized spacial score (nSPS) is 13.1. The number of Topliss-reactive ketones (excluding diaryl/α,β-unsaturated/α-hetero) is 4. The summed E-state index contributed by atoms with van der Waals surface area (Å²) in [7, 11) is 0. The molecule has 4 aliphatic rings. The van der Waals surface area contributed by atoms with Gasteiger partial charge in [-0.1, -0.05) is 52.7 Å². The number of hydrogen-bond acceptors (Lipinski definition) is 28. The monoisotopic (exact) mass is 1600 g/mol. The molecule has 4 aromatic heterocycles. The minimum atomic E-state index is -0.436. The summed E-state index contributed by atoms with van der Waals surface area (Å²) in [5, 5.41) is 82.9. The second kappa shape index (κ2) is 40.0. The van der Waals surface area contributed by atoms with Crippen molar-refractivity contribution in [3.63, 3.8) is 0 Å². The molecule has 37 heteroatoms. The van der Waals surface area contributed by atoms with Crippen LogP contribution in [-0.4, -0.2) is 140 Å². The summed E-state index contributed by atoms with van der Waals surface area (Å²) in [6.45, 7) is 9.55. The maximum atomic E-state index is 11.3. The van der Waals surface area contributed by atoms with Crippen LogP contribution in [0.3, 0.4) is 0 Å². The second-order valence-electron chi connectivity index (χ2n) is 24.9. The van der Waals surface area contributed by atoms with Crippen molar-refractivity contribution in [3.8, 4) is 50.2 Å². The number of nitrogens with one attached hydrogen (secondary N) is 3. The van der Waals surface area contributed by atoms with E-state index in [-0.39, 0.29) is 45.5 Å². The van der Waals surface area contributed by atoms with E-state index in [4.69, 9.17) is 11.6 Å². The molecule has 10 aromatic rings. The Morgan fingerprint density at radius 3 is 1.32 bits per heavy atom. The van der Waals surface area contributed by atoms with E-state index >= 15 is 0 Å². The molecule has 0 aliphatic carbocycles. The zero-order valence-corrected chi connectivity index (χ0v) is 64.4. The molecular weight excluding hydrogens is 1540 g/mol. The largest absolute Gasteiger partial charge is 0.870 e. The minimum absolute atomic E-state index is 0. The van der Waals surface area contributed by atoms with Gasteiger partial charge in [-0.05, 0) is 122 Å². The number of halogens is 1. The molecule has 14 rings (SSSR count). The number of thioether (sulfide) groups is 4. The van der Waals surface area contributed by atoms with E-state index in [1.807, 2.05) is 114 Å². The van der Waals surface area contributed by atoms with Crippen molar-refractivity contribution >= 4 is 148 Å². The van der Waals surface area contributed by atoms with Crippen molar-refractivity contribution < 1.29 is 49.3 Å². The molecule has 6 aromatic carbocycles. The van der Waals surface area contributed by atoms with Gasteiger partial charge in [0.2, 0.25) is 18.1 Å². The number of nitro groups is 2. The van der Waals surface area contributed by atoms with E-state index in [2.05, 4.69) is 88.8 Å². The first kappa shape index (κ1) is 83.8. The molecule has 0 atom stereocenters. The van der Waals surface area contributed by atoms with Gasteiger partial charge in [-0.25, -0.2) is 0 Å². The number of aromatic amines is 3. The average molecular weight is 1610 g/mol. The lowest BCUT2D eigenvalue weighted by Crippen LogP contribution is -2.35. The van der Waals surface area contributed by atoms with E-state index in [0.717, 1.165) is 94.9 Å². The molecule has 32 nitrogen and oxygen atoms in total. The van der Waals surface area contributed by atoms with Crippen LogP contribution in [0.2, 0.25) is 5.02 Å². The number of hydrogen-bond donors (Lipinski definition) is 3. The van der Waals surface area contributed by atoms with Crippen molar-refractivity contribution in [1.29, 1.82) is 0 Å². The standard InChI is InChI=1S/C22H19N5O2S.C21H16ClN5O2S.C17H17N5O3S.C15H13N5O3S.2H2O/c1-15(28)14-30-22-10-21(24-25-22)18-7-17(8-20(9-18)26-29)19-11-23-27(13-19)12-16-5-3-2-4-6-16;1-13(28)12-30-21-9-20(24-25-21)15-5-14(6-18(7-15)26-29)16-10-23-27(11-16)19-4-2-3-17(22)8-19;1-3-21-9-14(8-18-21)12-4-13(6-15(5-12)22(24)25)16-7-17(20-19-16)26-10-11(2)23;1-9(21)8-24-15-5-14(18-19-15)11-2-10(12-6-16-17-7-12)3-13(4-11)20(22)23;;/h2-9,11,13H,10,12,14H2,1H3;2-8,10-11H,9,12H2,1H3;4-6,8-9H,3,7,10H2,1-2H3;2-4,6-7H,5,8H2,1H3,(H,16,17);2*1H2. The van der Waals surface area contributed by atoms with Gasteiger partial charge in [0.15, 0.2) is 6.54 Å². The lowest BCUT2D eigenvalue weighted by molar-refractivity contribution is -0.742. The first-order valence-electron chi connectivity index (χ1n) is 33.7. The number of aryl methyl sites for hydroxylation is 1. The number of carbonyl (C=O) groups excluding carboxylic acids is 4. The summed E-state index contributed by atoms with van der Waals surface area (Å²) in [6.07, 6.45) is 16.5. The molecule has 0 spiro atoms. The zero-order chi connectivity index (χ0) is 77.8. The van der Waals surface area contributed by atoms with E-state index in [1.165, 1.54) is 90.7 Å². The first-order chi connectivity index (χ1) is 53.1. The number of nitrogens with zero attached hydrogens (tertiary/aromatic N) is 17. The van der Waals surface area contributed by atoms with Crippen molar-refractivity contribution in [3.05, 3.63) is 240 Å². The van der Waals surface area contributed by atoms with Crippen molar-refractivity contribution in [2.75, 3.05) is 23.0 Å². The lowest BCUT2D eigenvalue weighted by Gasteiger charge is -2.05. The highest BCUT2D eigenvalue weighted by atomic mass is 35.5. The number of rotatable bonds is 24. The fraction of sp³-hybridized carbons (Fsp3) is 0.200.